The van der Waals surface area contributed by atoms with Gasteiger partial charge in [-0.3, -0.25) is 4.79 Å². The lowest BCUT2D eigenvalue weighted by Gasteiger charge is -2.08. The number of hydrogen-bond donors (Lipinski definition) is 2. The largest absolute Gasteiger partial charge is 0.494 e. The van der Waals surface area contributed by atoms with Crippen LogP contribution in [0.15, 0.2) is 18.2 Å². The quantitative estimate of drug-likeness (QED) is 0.858. The van der Waals surface area contributed by atoms with Crippen molar-refractivity contribution in [3.63, 3.8) is 0 Å². The molecular formula is C11H16ClFN2O2. The average molecular weight is 263 g/mol. The minimum Gasteiger partial charge on any atom is -0.494 e. The first kappa shape index (κ1) is 15.7. The van der Waals surface area contributed by atoms with Gasteiger partial charge >= 0.3 is 0 Å². The van der Waals surface area contributed by atoms with Gasteiger partial charge in [-0.15, -0.1) is 12.4 Å². The Hall–Kier alpha value is -1.33. The SMILES string of the molecule is COc1ccc(CNC(=O)[C@@H](C)N)cc1F.Cl. The van der Waals surface area contributed by atoms with Crippen molar-refractivity contribution in [3.05, 3.63) is 29.6 Å². The molecule has 0 bridgehead atoms. The Morgan fingerprint density at radius 2 is 2.24 bits per heavy atom. The van der Waals surface area contributed by atoms with E-state index in [0.29, 0.717) is 5.56 Å². The number of hydrogen-bond acceptors (Lipinski definition) is 3. The number of halogens is 2. The van der Waals surface area contributed by atoms with Gasteiger partial charge in [-0.05, 0) is 24.6 Å². The number of nitrogens with one attached hydrogen (secondary N) is 1. The molecule has 0 aliphatic heterocycles. The van der Waals surface area contributed by atoms with Gasteiger partial charge in [0.05, 0.1) is 13.2 Å². The van der Waals surface area contributed by atoms with Gasteiger partial charge in [0, 0.05) is 6.54 Å². The normalized spacial score (nSPS) is 11.3. The second-order valence-electron chi connectivity index (χ2n) is 3.48. The van der Waals surface area contributed by atoms with E-state index in [1.54, 1.807) is 13.0 Å². The van der Waals surface area contributed by atoms with E-state index in [4.69, 9.17) is 10.5 Å². The molecule has 0 aliphatic carbocycles. The molecule has 0 aromatic heterocycles. The molecule has 17 heavy (non-hydrogen) atoms. The van der Waals surface area contributed by atoms with Crippen molar-refractivity contribution >= 4 is 18.3 Å². The summed E-state index contributed by atoms with van der Waals surface area (Å²) in [5, 5.41) is 2.59. The van der Waals surface area contributed by atoms with Gasteiger partial charge in [-0.2, -0.15) is 0 Å². The third-order valence-electron chi connectivity index (χ3n) is 2.10. The Morgan fingerprint density at radius 3 is 2.71 bits per heavy atom. The molecule has 1 atom stereocenters. The second-order valence-corrected chi connectivity index (χ2v) is 3.48. The third kappa shape index (κ3) is 4.58. The van der Waals surface area contributed by atoms with Gasteiger partial charge in [0.15, 0.2) is 11.6 Å². The lowest BCUT2D eigenvalue weighted by atomic mass is 10.2. The molecule has 0 heterocycles. The predicted molar refractivity (Wildman–Crippen MR) is 65.7 cm³/mol. The number of ether oxygens (including phenoxy) is 1. The van der Waals surface area contributed by atoms with Crippen molar-refractivity contribution in [2.45, 2.75) is 19.5 Å². The van der Waals surface area contributed by atoms with Crippen molar-refractivity contribution in [3.8, 4) is 5.75 Å². The summed E-state index contributed by atoms with van der Waals surface area (Å²) < 4.78 is 18.1. The molecule has 0 radical (unpaired) electrons. The smallest absolute Gasteiger partial charge is 0.236 e. The van der Waals surface area contributed by atoms with Crippen molar-refractivity contribution in [2.24, 2.45) is 5.73 Å². The molecule has 1 aromatic rings. The van der Waals surface area contributed by atoms with E-state index >= 15 is 0 Å². The minimum absolute atomic E-state index is 0. The van der Waals surface area contributed by atoms with Crippen LogP contribution in [0.3, 0.4) is 0 Å². The molecule has 0 aliphatic rings. The number of carbonyl (C=O) groups is 1. The van der Waals surface area contributed by atoms with Crippen LogP contribution in [-0.4, -0.2) is 19.1 Å². The van der Waals surface area contributed by atoms with E-state index in [1.165, 1.54) is 19.2 Å². The van der Waals surface area contributed by atoms with E-state index in [-0.39, 0.29) is 30.6 Å². The highest BCUT2D eigenvalue weighted by Crippen LogP contribution is 2.17. The summed E-state index contributed by atoms with van der Waals surface area (Å²) in [6.07, 6.45) is 0. The average Bonchev–Trinajstić information content (AvgIpc) is 2.25. The van der Waals surface area contributed by atoms with E-state index in [9.17, 15) is 9.18 Å². The maximum absolute atomic E-state index is 13.3. The van der Waals surface area contributed by atoms with Gasteiger partial charge in [0.2, 0.25) is 5.91 Å². The van der Waals surface area contributed by atoms with E-state index < -0.39 is 11.9 Å². The maximum atomic E-state index is 13.3. The third-order valence-corrected chi connectivity index (χ3v) is 2.10. The number of nitrogens with two attached hydrogens (primary N) is 1. The fraction of sp³-hybridized carbons (Fsp3) is 0.364. The summed E-state index contributed by atoms with van der Waals surface area (Å²) in [4.78, 5) is 11.2. The van der Waals surface area contributed by atoms with Crippen LogP contribution in [-0.2, 0) is 11.3 Å². The summed E-state index contributed by atoms with van der Waals surface area (Å²) in [6, 6.07) is 3.95. The number of methoxy groups -OCH3 is 1. The lowest BCUT2D eigenvalue weighted by molar-refractivity contribution is -0.122. The first-order valence-electron chi connectivity index (χ1n) is 4.90. The molecule has 1 amide bonds. The molecule has 1 aromatic carbocycles. The zero-order valence-corrected chi connectivity index (χ0v) is 10.5. The van der Waals surface area contributed by atoms with E-state index in [0.717, 1.165) is 0 Å². The van der Waals surface area contributed by atoms with Crippen LogP contribution < -0.4 is 15.8 Å². The Kier molecular flexibility index (Phi) is 6.53. The molecule has 0 unspecified atom stereocenters. The first-order valence-corrected chi connectivity index (χ1v) is 4.90. The van der Waals surface area contributed by atoms with Crippen LogP contribution in [0.5, 0.6) is 5.75 Å². The second kappa shape index (κ2) is 7.09. The molecule has 96 valence electrons. The standard InChI is InChI=1S/C11H15FN2O2.ClH/c1-7(13)11(15)14-6-8-3-4-10(16-2)9(12)5-8;/h3-5,7H,6,13H2,1-2H3,(H,14,15);1H/t7-;/m1./s1. The van der Waals surface area contributed by atoms with Crippen molar-refractivity contribution in [2.75, 3.05) is 7.11 Å². The fourth-order valence-electron chi connectivity index (χ4n) is 1.17. The molecule has 0 spiro atoms. The van der Waals surface area contributed by atoms with Gasteiger partial charge in [0.25, 0.3) is 0 Å². The van der Waals surface area contributed by atoms with Crippen LogP contribution in [0.25, 0.3) is 0 Å². The van der Waals surface area contributed by atoms with Crippen molar-refractivity contribution in [1.82, 2.24) is 5.32 Å². The molecule has 4 nitrogen and oxygen atoms in total. The minimum atomic E-state index is -0.567. The number of benzene rings is 1. The van der Waals surface area contributed by atoms with Crippen LogP contribution >= 0.6 is 12.4 Å². The Labute approximate surface area is 106 Å². The summed E-state index contributed by atoms with van der Waals surface area (Å²) in [5.41, 5.74) is 6.03. The Balaban J connectivity index is 0.00000256. The molecule has 6 heteroatoms. The lowest BCUT2D eigenvalue weighted by Crippen LogP contribution is -2.37. The molecular weight excluding hydrogens is 247 g/mol. The molecule has 0 saturated heterocycles. The van der Waals surface area contributed by atoms with Crippen LogP contribution in [0.2, 0.25) is 0 Å². The van der Waals surface area contributed by atoms with E-state index in [1.807, 2.05) is 0 Å². The summed E-state index contributed by atoms with van der Waals surface area (Å²) in [5.74, 6) is -0.534. The van der Waals surface area contributed by atoms with Gasteiger partial charge in [-0.25, -0.2) is 4.39 Å². The van der Waals surface area contributed by atoms with Gasteiger partial charge in [-0.1, -0.05) is 6.07 Å². The highest BCUT2D eigenvalue weighted by Gasteiger charge is 2.07. The van der Waals surface area contributed by atoms with Crippen molar-refractivity contribution < 1.29 is 13.9 Å². The highest BCUT2D eigenvalue weighted by atomic mass is 35.5. The fourth-order valence-corrected chi connectivity index (χ4v) is 1.17. The number of amides is 1. The molecule has 3 N–H and O–H groups in total. The molecule has 0 fully saturated rings. The van der Waals surface area contributed by atoms with Gasteiger partial charge < -0.3 is 15.8 Å². The highest BCUT2D eigenvalue weighted by molar-refractivity contribution is 5.85. The zero-order chi connectivity index (χ0) is 12.1. The Morgan fingerprint density at radius 1 is 1.59 bits per heavy atom. The van der Waals surface area contributed by atoms with Crippen LogP contribution in [0, 0.1) is 5.82 Å². The molecule has 1 rings (SSSR count). The van der Waals surface area contributed by atoms with Crippen molar-refractivity contribution in [1.29, 1.82) is 0 Å². The van der Waals surface area contributed by atoms with Crippen LogP contribution in [0.4, 0.5) is 4.39 Å². The number of carbonyl (C=O) groups excluding carboxylic acids is 1. The zero-order valence-electron chi connectivity index (χ0n) is 9.70. The summed E-state index contributed by atoms with van der Waals surface area (Å²) in [7, 11) is 1.40. The monoisotopic (exact) mass is 262 g/mol. The topological polar surface area (TPSA) is 64.3 Å². The number of rotatable bonds is 4. The van der Waals surface area contributed by atoms with Gasteiger partial charge in [0.1, 0.15) is 0 Å². The van der Waals surface area contributed by atoms with Crippen LogP contribution in [0.1, 0.15) is 12.5 Å². The molecule has 0 saturated carbocycles. The predicted octanol–water partition coefficient (Wildman–Crippen LogP) is 1.22. The maximum Gasteiger partial charge on any atom is 0.236 e. The first-order chi connectivity index (χ1) is 7.54. The summed E-state index contributed by atoms with van der Waals surface area (Å²) in [6.45, 7) is 1.84. The Bertz CT molecular complexity index is 386. The summed E-state index contributed by atoms with van der Waals surface area (Å²) >= 11 is 0. The van der Waals surface area contributed by atoms with E-state index in [2.05, 4.69) is 5.32 Å².